The van der Waals surface area contributed by atoms with Crippen LogP contribution in [-0.2, 0) is 19.6 Å². The summed E-state index contributed by atoms with van der Waals surface area (Å²) in [7, 11) is 0. The summed E-state index contributed by atoms with van der Waals surface area (Å²) in [5.41, 5.74) is 1.52. The summed E-state index contributed by atoms with van der Waals surface area (Å²) in [5.74, 6) is 0.976. The molecule has 0 aliphatic carbocycles. The van der Waals surface area contributed by atoms with Crippen molar-refractivity contribution in [3.63, 3.8) is 0 Å². The average molecular weight is 328 g/mol. The van der Waals surface area contributed by atoms with Crippen LogP contribution in [0.1, 0.15) is 38.6 Å². The van der Waals surface area contributed by atoms with Gasteiger partial charge in [-0.2, -0.15) is 0 Å². The smallest absolute Gasteiger partial charge is 0.165 e. The average Bonchev–Trinajstić information content (AvgIpc) is 2.98. The van der Waals surface area contributed by atoms with E-state index in [1.165, 1.54) is 5.56 Å². The Morgan fingerprint density at radius 1 is 1.08 bits per heavy atom. The summed E-state index contributed by atoms with van der Waals surface area (Å²) in [6.45, 7) is 12.7. The molecule has 1 aromatic heterocycles. The van der Waals surface area contributed by atoms with Gasteiger partial charge in [-0.15, -0.1) is 5.10 Å². The van der Waals surface area contributed by atoms with Crippen LogP contribution in [0.5, 0.6) is 0 Å². The first-order chi connectivity index (χ1) is 11.6. The van der Waals surface area contributed by atoms with E-state index in [0.717, 1.165) is 51.5 Å². The van der Waals surface area contributed by atoms with Crippen molar-refractivity contribution in [1.29, 1.82) is 0 Å². The molecule has 0 N–H and O–H groups in total. The lowest BCUT2D eigenvalue weighted by Gasteiger charge is -2.47. The highest BCUT2D eigenvalue weighted by atomic mass is 15.5. The maximum absolute atomic E-state index is 4.21. The standard InChI is InChI=1S/C18H28N6/c1-4-10-24-17(19-20-21-24)14-22-11-12-23(18(2,3)15-22)13-16-8-6-5-7-9-16/h5-9H,4,10-15H2,1-3H3. The topological polar surface area (TPSA) is 50.1 Å². The highest BCUT2D eigenvalue weighted by Gasteiger charge is 2.34. The van der Waals surface area contributed by atoms with Gasteiger partial charge in [0.25, 0.3) is 0 Å². The van der Waals surface area contributed by atoms with Gasteiger partial charge in [0.2, 0.25) is 0 Å². The Bertz CT molecular complexity index is 636. The minimum atomic E-state index is 0.136. The van der Waals surface area contributed by atoms with Crippen LogP contribution in [0.15, 0.2) is 30.3 Å². The number of piperazine rings is 1. The quantitative estimate of drug-likeness (QED) is 0.813. The molecule has 0 spiro atoms. The molecule has 6 heteroatoms. The first kappa shape index (κ1) is 17.0. The molecular formula is C18H28N6. The zero-order valence-corrected chi connectivity index (χ0v) is 15.0. The zero-order valence-electron chi connectivity index (χ0n) is 15.0. The number of tetrazole rings is 1. The Kier molecular flexibility index (Phi) is 5.26. The molecule has 1 aliphatic rings. The molecule has 1 saturated heterocycles. The Balaban J connectivity index is 1.62. The summed E-state index contributed by atoms with van der Waals surface area (Å²) in [5, 5.41) is 12.1. The third-order valence-electron chi connectivity index (χ3n) is 4.78. The molecule has 0 atom stereocenters. The SMILES string of the molecule is CCCn1nnnc1CN1CCN(Cc2ccccc2)C(C)(C)C1. The van der Waals surface area contributed by atoms with E-state index in [1.54, 1.807) is 0 Å². The van der Waals surface area contributed by atoms with Crippen molar-refractivity contribution in [2.75, 3.05) is 19.6 Å². The highest BCUT2D eigenvalue weighted by molar-refractivity contribution is 5.15. The molecule has 0 unspecified atom stereocenters. The summed E-state index contributed by atoms with van der Waals surface area (Å²) in [6.07, 6.45) is 1.05. The van der Waals surface area contributed by atoms with Gasteiger partial charge in [-0.3, -0.25) is 9.80 Å². The normalized spacial score (nSPS) is 18.8. The van der Waals surface area contributed by atoms with Crippen molar-refractivity contribution < 1.29 is 0 Å². The van der Waals surface area contributed by atoms with E-state index in [9.17, 15) is 0 Å². The van der Waals surface area contributed by atoms with Gasteiger partial charge in [0, 0.05) is 38.3 Å². The minimum Gasteiger partial charge on any atom is -0.293 e. The van der Waals surface area contributed by atoms with Crippen molar-refractivity contribution in [1.82, 2.24) is 30.0 Å². The lowest BCUT2D eigenvalue weighted by Crippen LogP contribution is -2.58. The van der Waals surface area contributed by atoms with Crippen LogP contribution in [-0.4, -0.2) is 55.2 Å². The maximum atomic E-state index is 4.21. The summed E-state index contributed by atoms with van der Waals surface area (Å²) >= 11 is 0. The molecule has 2 aromatic rings. The zero-order chi connectivity index (χ0) is 17.0. The van der Waals surface area contributed by atoms with Crippen LogP contribution in [0.4, 0.5) is 0 Å². The second kappa shape index (κ2) is 7.40. The number of rotatable bonds is 6. The van der Waals surface area contributed by atoms with E-state index in [0.29, 0.717) is 0 Å². The van der Waals surface area contributed by atoms with Gasteiger partial charge in [0.15, 0.2) is 5.82 Å². The second-order valence-electron chi connectivity index (χ2n) is 7.25. The Morgan fingerprint density at radius 3 is 2.58 bits per heavy atom. The molecule has 130 valence electrons. The predicted octanol–water partition coefficient (Wildman–Crippen LogP) is 2.18. The molecule has 3 rings (SSSR count). The number of hydrogen-bond donors (Lipinski definition) is 0. The van der Waals surface area contributed by atoms with E-state index in [1.807, 2.05) is 4.68 Å². The summed E-state index contributed by atoms with van der Waals surface area (Å²) in [4.78, 5) is 5.05. The fourth-order valence-electron chi connectivity index (χ4n) is 3.44. The predicted molar refractivity (Wildman–Crippen MR) is 94.3 cm³/mol. The second-order valence-corrected chi connectivity index (χ2v) is 7.25. The molecular weight excluding hydrogens is 300 g/mol. The lowest BCUT2D eigenvalue weighted by atomic mass is 9.97. The maximum Gasteiger partial charge on any atom is 0.165 e. The van der Waals surface area contributed by atoms with E-state index in [4.69, 9.17) is 0 Å². The van der Waals surface area contributed by atoms with E-state index in [2.05, 4.69) is 76.4 Å². The lowest BCUT2D eigenvalue weighted by molar-refractivity contribution is 0.00874. The molecule has 6 nitrogen and oxygen atoms in total. The van der Waals surface area contributed by atoms with Crippen LogP contribution >= 0.6 is 0 Å². The van der Waals surface area contributed by atoms with E-state index < -0.39 is 0 Å². The highest BCUT2D eigenvalue weighted by Crippen LogP contribution is 2.24. The Morgan fingerprint density at radius 2 is 1.88 bits per heavy atom. The molecule has 0 amide bonds. The van der Waals surface area contributed by atoms with Crippen molar-refractivity contribution in [3.8, 4) is 0 Å². The molecule has 2 heterocycles. The molecule has 0 saturated carbocycles. The third kappa shape index (κ3) is 3.99. The van der Waals surface area contributed by atoms with Crippen molar-refractivity contribution in [3.05, 3.63) is 41.7 Å². The monoisotopic (exact) mass is 328 g/mol. The fraction of sp³-hybridized carbons (Fsp3) is 0.611. The molecule has 24 heavy (non-hydrogen) atoms. The first-order valence-corrected chi connectivity index (χ1v) is 8.85. The number of hydrogen-bond acceptors (Lipinski definition) is 5. The van der Waals surface area contributed by atoms with Crippen LogP contribution < -0.4 is 0 Å². The number of benzene rings is 1. The molecule has 0 bridgehead atoms. The molecule has 1 aliphatic heterocycles. The van der Waals surface area contributed by atoms with Crippen molar-refractivity contribution in [2.45, 2.75) is 52.4 Å². The number of aryl methyl sites for hydroxylation is 1. The van der Waals surface area contributed by atoms with Gasteiger partial charge in [0.1, 0.15) is 0 Å². The summed E-state index contributed by atoms with van der Waals surface area (Å²) < 4.78 is 1.93. The number of nitrogens with zero attached hydrogens (tertiary/aromatic N) is 6. The molecule has 1 fully saturated rings. The van der Waals surface area contributed by atoms with E-state index in [-0.39, 0.29) is 5.54 Å². The van der Waals surface area contributed by atoms with Crippen LogP contribution in [0, 0.1) is 0 Å². The molecule has 0 radical (unpaired) electrons. The first-order valence-electron chi connectivity index (χ1n) is 8.85. The van der Waals surface area contributed by atoms with Gasteiger partial charge in [0.05, 0.1) is 6.54 Å². The van der Waals surface area contributed by atoms with Gasteiger partial charge in [-0.05, 0) is 36.3 Å². The Labute approximate surface area is 144 Å². The van der Waals surface area contributed by atoms with Gasteiger partial charge < -0.3 is 0 Å². The van der Waals surface area contributed by atoms with Gasteiger partial charge >= 0.3 is 0 Å². The number of aromatic nitrogens is 4. The van der Waals surface area contributed by atoms with Crippen LogP contribution in [0.25, 0.3) is 0 Å². The van der Waals surface area contributed by atoms with Gasteiger partial charge in [-0.1, -0.05) is 37.3 Å². The van der Waals surface area contributed by atoms with Crippen LogP contribution in [0.3, 0.4) is 0 Å². The Hall–Kier alpha value is -1.79. The fourth-order valence-corrected chi connectivity index (χ4v) is 3.44. The van der Waals surface area contributed by atoms with Crippen LogP contribution in [0.2, 0.25) is 0 Å². The van der Waals surface area contributed by atoms with Gasteiger partial charge in [-0.25, -0.2) is 4.68 Å². The summed E-state index contributed by atoms with van der Waals surface area (Å²) in [6, 6.07) is 10.7. The van der Waals surface area contributed by atoms with Crippen molar-refractivity contribution >= 4 is 0 Å². The van der Waals surface area contributed by atoms with E-state index >= 15 is 0 Å². The minimum absolute atomic E-state index is 0.136. The third-order valence-corrected chi connectivity index (χ3v) is 4.78. The molecule has 1 aromatic carbocycles. The van der Waals surface area contributed by atoms with Crippen molar-refractivity contribution in [2.24, 2.45) is 0 Å². The largest absolute Gasteiger partial charge is 0.293 e.